The average molecular weight is 343 g/mol. The first-order chi connectivity index (χ1) is 12.2. The Morgan fingerprint density at radius 2 is 2.04 bits per heavy atom. The number of hydrogen-bond acceptors (Lipinski definition) is 2. The Morgan fingerprint density at radius 1 is 1.24 bits per heavy atom. The van der Waals surface area contributed by atoms with E-state index in [1.807, 2.05) is 7.05 Å². The van der Waals surface area contributed by atoms with Crippen LogP contribution in [0.15, 0.2) is 23.2 Å². The van der Waals surface area contributed by atoms with Gasteiger partial charge in [-0.05, 0) is 81.6 Å². The maximum atomic E-state index is 4.43. The number of guanidine groups is 1. The minimum atomic E-state index is 0.271. The largest absolute Gasteiger partial charge is 0.356 e. The molecule has 1 fully saturated rings. The van der Waals surface area contributed by atoms with E-state index in [1.165, 1.54) is 57.2 Å². The van der Waals surface area contributed by atoms with Crippen molar-refractivity contribution in [1.82, 2.24) is 15.5 Å². The first kappa shape index (κ1) is 18.2. The molecule has 2 aliphatic rings. The third-order valence-corrected chi connectivity index (χ3v) is 5.73. The van der Waals surface area contributed by atoms with Crippen LogP contribution in [0.25, 0.3) is 0 Å². The summed E-state index contributed by atoms with van der Waals surface area (Å²) in [5, 5.41) is 7.10. The van der Waals surface area contributed by atoms with Crippen LogP contribution in [0.1, 0.15) is 55.3 Å². The standard InChI is InChI=1S/C21H34N4/c1-16(19-11-10-18-8-4-5-9-20(18)13-19)24-21(22-2)23-14-17-7-6-12-25(3)15-17/h10-11,13,16-17H,4-9,12,14-15H2,1-3H3,(H2,22,23,24). The highest BCUT2D eigenvalue weighted by Crippen LogP contribution is 2.24. The Hall–Kier alpha value is -1.55. The van der Waals surface area contributed by atoms with E-state index in [-0.39, 0.29) is 6.04 Å². The van der Waals surface area contributed by atoms with E-state index in [4.69, 9.17) is 0 Å². The Balaban J connectivity index is 1.54. The van der Waals surface area contributed by atoms with Crippen LogP contribution in [0, 0.1) is 5.92 Å². The molecule has 3 rings (SSSR count). The zero-order valence-corrected chi connectivity index (χ0v) is 16.1. The minimum Gasteiger partial charge on any atom is -0.356 e. The summed E-state index contributed by atoms with van der Waals surface area (Å²) in [6.45, 7) is 5.65. The summed E-state index contributed by atoms with van der Waals surface area (Å²) in [7, 11) is 4.08. The molecule has 0 spiro atoms. The van der Waals surface area contributed by atoms with Crippen LogP contribution in [0.5, 0.6) is 0 Å². The van der Waals surface area contributed by atoms with Gasteiger partial charge in [-0.3, -0.25) is 4.99 Å². The highest BCUT2D eigenvalue weighted by Gasteiger charge is 2.18. The van der Waals surface area contributed by atoms with Crippen molar-refractivity contribution in [3.63, 3.8) is 0 Å². The maximum absolute atomic E-state index is 4.43. The molecule has 0 aromatic heterocycles. The number of nitrogens with one attached hydrogen (secondary N) is 2. The SMILES string of the molecule is CN=C(NCC1CCCN(C)C1)NC(C)c1ccc2c(c1)CCCC2. The molecule has 1 aliphatic heterocycles. The molecule has 4 nitrogen and oxygen atoms in total. The van der Waals surface area contributed by atoms with Crippen molar-refractivity contribution in [2.24, 2.45) is 10.9 Å². The summed E-state index contributed by atoms with van der Waals surface area (Å²) < 4.78 is 0. The predicted octanol–water partition coefficient (Wildman–Crippen LogP) is 3.13. The molecule has 0 amide bonds. The smallest absolute Gasteiger partial charge is 0.191 e. The van der Waals surface area contributed by atoms with Gasteiger partial charge in [0.25, 0.3) is 0 Å². The van der Waals surface area contributed by atoms with Gasteiger partial charge >= 0.3 is 0 Å². The van der Waals surface area contributed by atoms with Gasteiger partial charge in [0.1, 0.15) is 0 Å². The summed E-state index contributed by atoms with van der Waals surface area (Å²) in [5.74, 6) is 1.63. The lowest BCUT2D eigenvalue weighted by Gasteiger charge is -2.30. The van der Waals surface area contributed by atoms with E-state index in [0.717, 1.165) is 18.4 Å². The van der Waals surface area contributed by atoms with Crippen LogP contribution in [0.2, 0.25) is 0 Å². The van der Waals surface area contributed by atoms with Crippen molar-refractivity contribution >= 4 is 5.96 Å². The summed E-state index contributed by atoms with van der Waals surface area (Å²) in [4.78, 5) is 6.86. The molecular weight excluding hydrogens is 308 g/mol. The Bertz CT molecular complexity index is 596. The number of piperidine rings is 1. The lowest BCUT2D eigenvalue weighted by Crippen LogP contribution is -2.44. The Labute approximate surface area is 153 Å². The van der Waals surface area contributed by atoms with Gasteiger partial charge in [-0.2, -0.15) is 0 Å². The molecule has 1 aromatic rings. The maximum Gasteiger partial charge on any atom is 0.191 e. The lowest BCUT2D eigenvalue weighted by molar-refractivity contribution is 0.210. The van der Waals surface area contributed by atoms with Crippen molar-refractivity contribution in [2.45, 2.75) is 51.5 Å². The second-order valence-electron chi connectivity index (χ2n) is 7.82. The third-order valence-electron chi connectivity index (χ3n) is 5.73. The third kappa shape index (κ3) is 4.97. The second-order valence-corrected chi connectivity index (χ2v) is 7.82. The minimum absolute atomic E-state index is 0.271. The summed E-state index contributed by atoms with van der Waals surface area (Å²) in [5.41, 5.74) is 4.46. The van der Waals surface area contributed by atoms with Crippen molar-refractivity contribution < 1.29 is 0 Å². The number of fused-ring (bicyclic) bond motifs is 1. The van der Waals surface area contributed by atoms with Crippen LogP contribution >= 0.6 is 0 Å². The number of aryl methyl sites for hydroxylation is 2. The van der Waals surface area contributed by atoms with Gasteiger partial charge in [0.05, 0.1) is 6.04 Å². The van der Waals surface area contributed by atoms with E-state index in [0.29, 0.717) is 0 Å². The molecule has 138 valence electrons. The Morgan fingerprint density at radius 3 is 2.80 bits per heavy atom. The molecule has 2 atom stereocenters. The fourth-order valence-electron chi connectivity index (χ4n) is 4.19. The topological polar surface area (TPSA) is 39.7 Å². The molecular formula is C21H34N4. The van der Waals surface area contributed by atoms with Crippen LogP contribution in [0.4, 0.5) is 0 Å². The fourth-order valence-corrected chi connectivity index (χ4v) is 4.19. The molecule has 1 aliphatic carbocycles. The molecule has 4 heteroatoms. The van der Waals surface area contributed by atoms with E-state index in [1.54, 1.807) is 11.1 Å². The molecule has 1 aromatic carbocycles. The predicted molar refractivity (Wildman–Crippen MR) is 106 cm³/mol. The van der Waals surface area contributed by atoms with E-state index >= 15 is 0 Å². The number of nitrogens with zero attached hydrogens (tertiary/aromatic N) is 2. The highest BCUT2D eigenvalue weighted by atomic mass is 15.2. The van der Waals surface area contributed by atoms with Crippen LogP contribution in [-0.2, 0) is 12.8 Å². The average Bonchev–Trinajstić information content (AvgIpc) is 2.64. The van der Waals surface area contributed by atoms with Crippen LogP contribution in [0.3, 0.4) is 0 Å². The van der Waals surface area contributed by atoms with Gasteiger partial charge in [0.15, 0.2) is 5.96 Å². The normalized spacial score (nSPS) is 23.0. The van der Waals surface area contributed by atoms with Crippen molar-refractivity contribution in [3.8, 4) is 0 Å². The van der Waals surface area contributed by atoms with Crippen molar-refractivity contribution in [3.05, 3.63) is 34.9 Å². The highest BCUT2D eigenvalue weighted by molar-refractivity contribution is 5.80. The lowest BCUT2D eigenvalue weighted by atomic mass is 9.89. The molecule has 0 radical (unpaired) electrons. The Kier molecular flexibility index (Phi) is 6.35. The number of likely N-dealkylation sites (tertiary alicyclic amines) is 1. The summed E-state index contributed by atoms with van der Waals surface area (Å²) in [6.07, 6.45) is 7.77. The number of rotatable bonds is 4. The second kappa shape index (κ2) is 8.70. The van der Waals surface area contributed by atoms with Gasteiger partial charge in [-0.15, -0.1) is 0 Å². The van der Waals surface area contributed by atoms with Gasteiger partial charge in [0, 0.05) is 20.1 Å². The van der Waals surface area contributed by atoms with Gasteiger partial charge in [-0.25, -0.2) is 0 Å². The molecule has 1 heterocycles. The summed E-state index contributed by atoms with van der Waals surface area (Å²) in [6, 6.07) is 7.28. The number of hydrogen-bond donors (Lipinski definition) is 2. The first-order valence-corrected chi connectivity index (χ1v) is 9.93. The fraction of sp³-hybridized carbons (Fsp3) is 0.667. The quantitative estimate of drug-likeness (QED) is 0.652. The van der Waals surface area contributed by atoms with E-state index < -0.39 is 0 Å². The van der Waals surface area contributed by atoms with Crippen molar-refractivity contribution in [2.75, 3.05) is 33.7 Å². The summed E-state index contributed by atoms with van der Waals surface area (Å²) >= 11 is 0. The monoisotopic (exact) mass is 342 g/mol. The molecule has 1 saturated heterocycles. The van der Waals surface area contributed by atoms with Gasteiger partial charge < -0.3 is 15.5 Å². The van der Waals surface area contributed by atoms with Crippen LogP contribution < -0.4 is 10.6 Å². The first-order valence-electron chi connectivity index (χ1n) is 9.93. The number of benzene rings is 1. The zero-order chi connectivity index (χ0) is 17.6. The molecule has 25 heavy (non-hydrogen) atoms. The van der Waals surface area contributed by atoms with E-state index in [9.17, 15) is 0 Å². The molecule has 0 bridgehead atoms. The van der Waals surface area contributed by atoms with Gasteiger partial charge in [0.2, 0.25) is 0 Å². The number of aliphatic imine (C=N–C) groups is 1. The zero-order valence-electron chi connectivity index (χ0n) is 16.1. The van der Waals surface area contributed by atoms with E-state index in [2.05, 4.69) is 52.7 Å². The van der Waals surface area contributed by atoms with Gasteiger partial charge in [-0.1, -0.05) is 18.2 Å². The molecule has 2 N–H and O–H groups in total. The molecule has 2 unspecified atom stereocenters. The van der Waals surface area contributed by atoms with Crippen molar-refractivity contribution in [1.29, 1.82) is 0 Å². The molecule has 0 saturated carbocycles. The van der Waals surface area contributed by atoms with Crippen LogP contribution in [-0.4, -0.2) is 44.6 Å².